The van der Waals surface area contributed by atoms with Gasteiger partial charge in [0, 0.05) is 31.8 Å². The van der Waals surface area contributed by atoms with Crippen LogP contribution in [0.5, 0.6) is 5.75 Å². The highest BCUT2D eigenvalue weighted by molar-refractivity contribution is 5.94. The summed E-state index contributed by atoms with van der Waals surface area (Å²) in [5.41, 5.74) is 2.73. The van der Waals surface area contributed by atoms with Crippen LogP contribution in [0.4, 0.5) is 0 Å². The van der Waals surface area contributed by atoms with Crippen LogP contribution in [-0.4, -0.2) is 30.3 Å². The second kappa shape index (κ2) is 8.65. The zero-order valence-electron chi connectivity index (χ0n) is 14.2. The van der Waals surface area contributed by atoms with Gasteiger partial charge in [0.25, 0.3) is 5.91 Å². The SMILES string of the molecule is O=C(NC[C@H]1CCCO1)c1cccc(CNCc2cccc(O)c2)c1. The monoisotopic (exact) mass is 340 g/mol. The molecule has 1 heterocycles. The average Bonchev–Trinajstić information content (AvgIpc) is 3.14. The quantitative estimate of drug-likeness (QED) is 0.724. The van der Waals surface area contributed by atoms with E-state index in [0.29, 0.717) is 25.2 Å². The molecular weight excluding hydrogens is 316 g/mol. The van der Waals surface area contributed by atoms with E-state index in [4.69, 9.17) is 4.74 Å². The summed E-state index contributed by atoms with van der Waals surface area (Å²) in [7, 11) is 0. The van der Waals surface area contributed by atoms with Crippen LogP contribution in [0.25, 0.3) is 0 Å². The van der Waals surface area contributed by atoms with Gasteiger partial charge in [-0.05, 0) is 48.2 Å². The van der Waals surface area contributed by atoms with Gasteiger partial charge in [0.15, 0.2) is 0 Å². The molecule has 132 valence electrons. The number of hydrogen-bond acceptors (Lipinski definition) is 4. The van der Waals surface area contributed by atoms with Crippen molar-refractivity contribution in [3.05, 3.63) is 65.2 Å². The first-order chi connectivity index (χ1) is 12.2. The molecule has 1 amide bonds. The molecule has 5 nitrogen and oxygen atoms in total. The maximum Gasteiger partial charge on any atom is 0.251 e. The van der Waals surface area contributed by atoms with Crippen molar-refractivity contribution in [2.45, 2.75) is 32.0 Å². The van der Waals surface area contributed by atoms with Gasteiger partial charge in [-0.15, -0.1) is 0 Å². The van der Waals surface area contributed by atoms with Gasteiger partial charge in [-0.25, -0.2) is 0 Å². The number of carbonyl (C=O) groups is 1. The lowest BCUT2D eigenvalue weighted by Gasteiger charge is -2.11. The molecule has 2 aromatic rings. The fraction of sp³-hybridized carbons (Fsp3) is 0.350. The van der Waals surface area contributed by atoms with E-state index in [9.17, 15) is 9.90 Å². The van der Waals surface area contributed by atoms with Crippen LogP contribution < -0.4 is 10.6 Å². The molecule has 1 atom stereocenters. The number of benzene rings is 2. The van der Waals surface area contributed by atoms with Gasteiger partial charge in [0.1, 0.15) is 5.75 Å². The van der Waals surface area contributed by atoms with Gasteiger partial charge in [0.2, 0.25) is 0 Å². The minimum atomic E-state index is -0.0645. The molecule has 3 rings (SSSR count). The summed E-state index contributed by atoms with van der Waals surface area (Å²) in [6.45, 7) is 2.67. The van der Waals surface area contributed by atoms with Crippen molar-refractivity contribution in [1.82, 2.24) is 10.6 Å². The number of rotatable bonds is 7. The molecule has 3 N–H and O–H groups in total. The minimum absolute atomic E-state index is 0.0645. The summed E-state index contributed by atoms with van der Waals surface area (Å²) in [5, 5.41) is 15.7. The molecule has 0 unspecified atom stereocenters. The number of aromatic hydroxyl groups is 1. The molecule has 0 aliphatic carbocycles. The Hall–Kier alpha value is -2.37. The standard InChI is InChI=1S/C20H24N2O3/c23-18-7-2-5-16(11-18)13-21-12-15-4-1-6-17(10-15)20(24)22-14-19-8-3-9-25-19/h1-2,4-7,10-11,19,21,23H,3,8-9,12-14H2,(H,22,24)/t19-/m1/s1. The number of amides is 1. The van der Waals surface area contributed by atoms with E-state index in [2.05, 4.69) is 10.6 Å². The highest BCUT2D eigenvalue weighted by atomic mass is 16.5. The number of nitrogens with one attached hydrogen (secondary N) is 2. The normalized spacial score (nSPS) is 16.7. The molecule has 1 aliphatic heterocycles. The Morgan fingerprint density at radius 2 is 1.88 bits per heavy atom. The van der Waals surface area contributed by atoms with Gasteiger partial charge in [-0.3, -0.25) is 4.79 Å². The van der Waals surface area contributed by atoms with Crippen molar-refractivity contribution in [3.8, 4) is 5.75 Å². The smallest absolute Gasteiger partial charge is 0.251 e. The topological polar surface area (TPSA) is 70.6 Å². The average molecular weight is 340 g/mol. The van der Waals surface area contributed by atoms with E-state index in [1.54, 1.807) is 12.1 Å². The molecule has 0 bridgehead atoms. The van der Waals surface area contributed by atoms with E-state index < -0.39 is 0 Å². The lowest BCUT2D eigenvalue weighted by atomic mass is 10.1. The van der Waals surface area contributed by atoms with Crippen molar-refractivity contribution in [1.29, 1.82) is 0 Å². The van der Waals surface area contributed by atoms with Crippen molar-refractivity contribution in [3.63, 3.8) is 0 Å². The second-order valence-corrected chi connectivity index (χ2v) is 6.32. The zero-order chi connectivity index (χ0) is 17.5. The first-order valence-corrected chi connectivity index (χ1v) is 8.68. The van der Waals surface area contributed by atoms with Gasteiger partial charge in [0.05, 0.1) is 6.10 Å². The Kier molecular flexibility index (Phi) is 6.04. The summed E-state index contributed by atoms with van der Waals surface area (Å²) in [6.07, 6.45) is 2.23. The van der Waals surface area contributed by atoms with Gasteiger partial charge < -0.3 is 20.5 Å². The maximum absolute atomic E-state index is 12.3. The van der Waals surface area contributed by atoms with Gasteiger partial charge in [-0.2, -0.15) is 0 Å². The Balaban J connectivity index is 1.49. The molecule has 2 aromatic carbocycles. The molecule has 1 fully saturated rings. The number of hydrogen-bond donors (Lipinski definition) is 3. The fourth-order valence-corrected chi connectivity index (χ4v) is 2.95. The lowest BCUT2D eigenvalue weighted by molar-refractivity contribution is 0.0857. The zero-order valence-corrected chi connectivity index (χ0v) is 14.2. The Labute approximate surface area is 148 Å². The van der Waals surface area contributed by atoms with Crippen molar-refractivity contribution < 1.29 is 14.6 Å². The predicted octanol–water partition coefficient (Wildman–Crippen LogP) is 2.59. The van der Waals surface area contributed by atoms with Crippen LogP contribution in [0.3, 0.4) is 0 Å². The minimum Gasteiger partial charge on any atom is -0.508 e. The third-order valence-corrected chi connectivity index (χ3v) is 4.27. The van der Waals surface area contributed by atoms with E-state index in [0.717, 1.165) is 30.6 Å². The van der Waals surface area contributed by atoms with E-state index in [1.165, 1.54) is 0 Å². The number of phenolic OH excluding ortho intramolecular Hbond substituents is 1. The molecule has 1 saturated heterocycles. The molecule has 0 radical (unpaired) electrons. The van der Waals surface area contributed by atoms with E-state index in [-0.39, 0.29) is 17.8 Å². The summed E-state index contributed by atoms with van der Waals surface area (Å²) >= 11 is 0. The third-order valence-electron chi connectivity index (χ3n) is 4.27. The molecule has 1 aliphatic rings. The Morgan fingerprint density at radius 3 is 2.60 bits per heavy atom. The second-order valence-electron chi connectivity index (χ2n) is 6.32. The maximum atomic E-state index is 12.3. The van der Waals surface area contributed by atoms with E-state index >= 15 is 0 Å². The van der Waals surface area contributed by atoms with Crippen molar-refractivity contribution in [2.24, 2.45) is 0 Å². The molecule has 0 saturated carbocycles. The first kappa shape index (κ1) is 17.5. The molecule has 0 aromatic heterocycles. The van der Waals surface area contributed by atoms with Gasteiger partial charge >= 0.3 is 0 Å². The van der Waals surface area contributed by atoms with Crippen LogP contribution in [0.1, 0.15) is 34.3 Å². The largest absolute Gasteiger partial charge is 0.508 e. The number of phenols is 1. The van der Waals surface area contributed by atoms with Crippen LogP contribution in [0, 0.1) is 0 Å². The van der Waals surface area contributed by atoms with Crippen LogP contribution in [-0.2, 0) is 17.8 Å². The predicted molar refractivity (Wildman–Crippen MR) is 96.4 cm³/mol. The van der Waals surface area contributed by atoms with Crippen LogP contribution >= 0.6 is 0 Å². The van der Waals surface area contributed by atoms with Crippen molar-refractivity contribution >= 4 is 5.91 Å². The highest BCUT2D eigenvalue weighted by Gasteiger charge is 2.16. The molecule has 5 heteroatoms. The van der Waals surface area contributed by atoms with Crippen LogP contribution in [0.15, 0.2) is 48.5 Å². The summed E-state index contributed by atoms with van der Waals surface area (Å²) < 4.78 is 5.52. The summed E-state index contributed by atoms with van der Waals surface area (Å²) in [5.74, 6) is 0.203. The van der Waals surface area contributed by atoms with E-state index in [1.807, 2.05) is 36.4 Å². The third kappa shape index (κ3) is 5.31. The number of ether oxygens (including phenoxy) is 1. The highest BCUT2D eigenvalue weighted by Crippen LogP contribution is 2.12. The summed E-state index contributed by atoms with van der Waals surface area (Å²) in [4.78, 5) is 12.3. The Morgan fingerprint density at radius 1 is 1.12 bits per heavy atom. The molecule has 0 spiro atoms. The Bertz CT molecular complexity index is 712. The first-order valence-electron chi connectivity index (χ1n) is 8.68. The number of carbonyl (C=O) groups excluding carboxylic acids is 1. The molecular formula is C20H24N2O3. The fourth-order valence-electron chi connectivity index (χ4n) is 2.95. The van der Waals surface area contributed by atoms with Gasteiger partial charge in [-0.1, -0.05) is 24.3 Å². The van der Waals surface area contributed by atoms with Crippen LogP contribution in [0.2, 0.25) is 0 Å². The molecule has 25 heavy (non-hydrogen) atoms. The lowest BCUT2D eigenvalue weighted by Crippen LogP contribution is -2.31. The summed E-state index contributed by atoms with van der Waals surface area (Å²) in [6, 6.07) is 14.8. The van der Waals surface area contributed by atoms with Crippen molar-refractivity contribution in [2.75, 3.05) is 13.2 Å².